The number of benzene rings is 1. The predicted octanol–water partition coefficient (Wildman–Crippen LogP) is 2.65. The maximum Gasteiger partial charge on any atom is 0.272 e. The first kappa shape index (κ1) is 16.8. The summed E-state index contributed by atoms with van der Waals surface area (Å²) in [6.07, 6.45) is 1.81. The van der Waals surface area contributed by atoms with Gasteiger partial charge in [0, 0.05) is 31.4 Å². The number of carbonyl (C=O) groups excluding carboxylic acids is 2. The molecule has 3 aliphatic heterocycles. The minimum absolute atomic E-state index is 0.0695. The Morgan fingerprint density at radius 2 is 1.88 bits per heavy atom. The highest BCUT2D eigenvalue weighted by Gasteiger charge is 2.42. The molecule has 2 atom stereocenters. The van der Waals surface area contributed by atoms with E-state index in [4.69, 9.17) is 0 Å². The monoisotopic (exact) mass is 349 g/mol. The first-order valence-electron chi connectivity index (χ1n) is 9.19. The Morgan fingerprint density at radius 3 is 2.65 bits per heavy atom. The van der Waals surface area contributed by atoms with Crippen LogP contribution in [0.1, 0.15) is 34.6 Å². The number of aryl methyl sites for hydroxylation is 1. The van der Waals surface area contributed by atoms with Gasteiger partial charge in [-0.15, -0.1) is 0 Å². The molecule has 0 saturated carbocycles. The summed E-state index contributed by atoms with van der Waals surface area (Å²) in [6.45, 7) is 3.58. The summed E-state index contributed by atoms with van der Waals surface area (Å²) < 4.78 is 0. The summed E-state index contributed by atoms with van der Waals surface area (Å²) in [5.41, 5.74) is 2.43. The van der Waals surface area contributed by atoms with E-state index in [1.165, 1.54) is 0 Å². The smallest absolute Gasteiger partial charge is 0.272 e. The molecule has 4 heterocycles. The van der Waals surface area contributed by atoms with Gasteiger partial charge in [-0.25, -0.2) is 4.98 Å². The van der Waals surface area contributed by atoms with Crippen molar-refractivity contribution in [2.24, 2.45) is 5.92 Å². The lowest BCUT2D eigenvalue weighted by Crippen LogP contribution is -2.47. The number of rotatable bonds is 3. The van der Waals surface area contributed by atoms with E-state index in [1.807, 2.05) is 59.2 Å². The molecular weight excluding hydrogens is 326 g/mol. The van der Waals surface area contributed by atoms with E-state index < -0.39 is 0 Å². The van der Waals surface area contributed by atoms with E-state index in [1.54, 1.807) is 6.07 Å². The second-order valence-corrected chi connectivity index (χ2v) is 7.25. The van der Waals surface area contributed by atoms with Crippen molar-refractivity contribution in [1.29, 1.82) is 0 Å². The SMILES string of the molecule is Cc1cccc(C(=O)N2C[C@@H]3CC[C@H](C2)N(Cc2ccccc2)C3=O)n1. The van der Waals surface area contributed by atoms with Gasteiger partial charge in [-0.1, -0.05) is 36.4 Å². The molecule has 3 saturated heterocycles. The summed E-state index contributed by atoms with van der Waals surface area (Å²) >= 11 is 0. The van der Waals surface area contributed by atoms with Crippen molar-refractivity contribution in [3.8, 4) is 0 Å². The molecule has 1 aromatic carbocycles. The van der Waals surface area contributed by atoms with Crippen molar-refractivity contribution in [3.63, 3.8) is 0 Å². The quantitative estimate of drug-likeness (QED) is 0.856. The summed E-state index contributed by atoms with van der Waals surface area (Å²) in [4.78, 5) is 34.0. The van der Waals surface area contributed by atoms with E-state index in [0.717, 1.165) is 24.1 Å². The molecule has 0 aliphatic carbocycles. The Kier molecular flexibility index (Phi) is 4.45. The van der Waals surface area contributed by atoms with Crippen LogP contribution in [-0.2, 0) is 11.3 Å². The molecule has 3 fully saturated rings. The fraction of sp³-hybridized carbons (Fsp3) is 0.381. The Hall–Kier alpha value is -2.69. The van der Waals surface area contributed by atoms with Crippen molar-refractivity contribution >= 4 is 11.8 Å². The molecule has 134 valence electrons. The first-order valence-corrected chi connectivity index (χ1v) is 9.19. The van der Waals surface area contributed by atoms with Crippen molar-refractivity contribution < 1.29 is 9.59 Å². The molecule has 0 N–H and O–H groups in total. The Balaban J connectivity index is 1.56. The molecule has 5 nitrogen and oxygen atoms in total. The second-order valence-electron chi connectivity index (χ2n) is 7.25. The fourth-order valence-electron chi connectivity index (χ4n) is 4.02. The van der Waals surface area contributed by atoms with Gasteiger partial charge in [0.25, 0.3) is 5.91 Å². The van der Waals surface area contributed by atoms with Crippen LogP contribution in [0.25, 0.3) is 0 Å². The number of amides is 2. The molecule has 2 bridgehead atoms. The van der Waals surface area contributed by atoms with Crippen LogP contribution in [0.15, 0.2) is 48.5 Å². The van der Waals surface area contributed by atoms with E-state index in [-0.39, 0.29) is 23.8 Å². The van der Waals surface area contributed by atoms with Gasteiger partial charge in [-0.05, 0) is 37.5 Å². The highest BCUT2D eigenvalue weighted by Crippen LogP contribution is 2.31. The van der Waals surface area contributed by atoms with E-state index in [0.29, 0.717) is 25.3 Å². The molecule has 3 aliphatic rings. The van der Waals surface area contributed by atoms with Gasteiger partial charge in [0.05, 0.1) is 5.92 Å². The molecule has 26 heavy (non-hydrogen) atoms. The van der Waals surface area contributed by atoms with Crippen LogP contribution >= 0.6 is 0 Å². The van der Waals surface area contributed by atoms with Crippen LogP contribution in [0.5, 0.6) is 0 Å². The first-order chi connectivity index (χ1) is 12.6. The van der Waals surface area contributed by atoms with Crippen LogP contribution in [0.4, 0.5) is 0 Å². The fourth-order valence-corrected chi connectivity index (χ4v) is 4.02. The number of carbonyl (C=O) groups is 2. The van der Waals surface area contributed by atoms with Gasteiger partial charge in [0.2, 0.25) is 5.91 Å². The molecule has 2 aromatic rings. The highest BCUT2D eigenvalue weighted by atomic mass is 16.2. The van der Waals surface area contributed by atoms with Crippen molar-refractivity contribution in [3.05, 3.63) is 65.5 Å². The number of piperidine rings is 1. The number of hydrogen-bond acceptors (Lipinski definition) is 3. The van der Waals surface area contributed by atoms with Gasteiger partial charge in [0.15, 0.2) is 0 Å². The lowest BCUT2D eigenvalue weighted by atomic mass is 9.93. The van der Waals surface area contributed by atoms with Gasteiger partial charge in [-0.2, -0.15) is 0 Å². The zero-order valence-electron chi connectivity index (χ0n) is 15.0. The molecule has 0 unspecified atom stereocenters. The predicted molar refractivity (Wildman–Crippen MR) is 98.4 cm³/mol. The Morgan fingerprint density at radius 1 is 1.08 bits per heavy atom. The maximum absolute atomic E-state index is 12.9. The third-order valence-electron chi connectivity index (χ3n) is 5.38. The maximum atomic E-state index is 12.9. The number of fused-ring (bicyclic) bond motifs is 4. The van der Waals surface area contributed by atoms with Crippen LogP contribution < -0.4 is 0 Å². The number of hydrogen-bond donors (Lipinski definition) is 0. The molecule has 0 radical (unpaired) electrons. The van der Waals surface area contributed by atoms with E-state index in [2.05, 4.69) is 4.98 Å². The zero-order chi connectivity index (χ0) is 18.1. The lowest BCUT2D eigenvalue weighted by molar-refractivity contribution is -0.140. The highest BCUT2D eigenvalue weighted by molar-refractivity contribution is 5.93. The van der Waals surface area contributed by atoms with Crippen LogP contribution in [0, 0.1) is 12.8 Å². The summed E-state index contributed by atoms with van der Waals surface area (Å²) in [5, 5.41) is 0. The number of pyridine rings is 1. The Labute approximate surface area is 153 Å². The standard InChI is InChI=1S/C21H23N3O2/c1-15-6-5-9-19(22-15)21(26)23-13-17-10-11-18(14-23)24(20(17)25)12-16-7-3-2-4-8-16/h2-9,17-18H,10-14H2,1H3/t17-,18+/m0/s1. The average Bonchev–Trinajstić information content (AvgIpc) is 2.95. The summed E-state index contributed by atoms with van der Waals surface area (Å²) in [6, 6.07) is 15.6. The van der Waals surface area contributed by atoms with Crippen LogP contribution in [0.2, 0.25) is 0 Å². The number of nitrogens with zero attached hydrogens (tertiary/aromatic N) is 3. The van der Waals surface area contributed by atoms with E-state index >= 15 is 0 Å². The molecule has 0 spiro atoms. The third-order valence-corrected chi connectivity index (χ3v) is 5.38. The molecule has 5 rings (SSSR count). The molecule has 1 aromatic heterocycles. The van der Waals surface area contributed by atoms with Gasteiger partial charge in [-0.3, -0.25) is 9.59 Å². The second kappa shape index (κ2) is 6.90. The summed E-state index contributed by atoms with van der Waals surface area (Å²) in [7, 11) is 0. The Bertz CT molecular complexity index is 821. The molecule has 2 amide bonds. The van der Waals surface area contributed by atoms with Crippen LogP contribution in [0.3, 0.4) is 0 Å². The van der Waals surface area contributed by atoms with E-state index in [9.17, 15) is 9.59 Å². The van der Waals surface area contributed by atoms with Crippen molar-refractivity contribution in [2.75, 3.05) is 13.1 Å². The van der Waals surface area contributed by atoms with Crippen molar-refractivity contribution in [1.82, 2.24) is 14.8 Å². The average molecular weight is 349 g/mol. The largest absolute Gasteiger partial charge is 0.334 e. The minimum Gasteiger partial charge on any atom is -0.334 e. The molecule has 5 heteroatoms. The van der Waals surface area contributed by atoms with Crippen LogP contribution in [-0.4, -0.2) is 45.7 Å². The molecular formula is C21H23N3O2. The van der Waals surface area contributed by atoms with Gasteiger partial charge in [0.1, 0.15) is 5.69 Å². The minimum atomic E-state index is -0.105. The van der Waals surface area contributed by atoms with Crippen molar-refractivity contribution in [2.45, 2.75) is 32.4 Å². The zero-order valence-corrected chi connectivity index (χ0v) is 15.0. The lowest BCUT2D eigenvalue weighted by Gasteiger charge is -2.36. The van der Waals surface area contributed by atoms with Gasteiger partial charge >= 0.3 is 0 Å². The topological polar surface area (TPSA) is 53.5 Å². The third kappa shape index (κ3) is 3.21. The van der Waals surface area contributed by atoms with Gasteiger partial charge < -0.3 is 9.80 Å². The normalized spacial score (nSPS) is 22.4. The summed E-state index contributed by atoms with van der Waals surface area (Å²) in [5.74, 6) is 0.00351. The number of aromatic nitrogens is 1.